The summed E-state index contributed by atoms with van der Waals surface area (Å²) in [7, 11) is 0. The van der Waals surface area contributed by atoms with E-state index < -0.39 is 0 Å². The van der Waals surface area contributed by atoms with Crippen LogP contribution in [0.2, 0.25) is 0 Å². The number of nitrogens with zero attached hydrogens (tertiary/aromatic N) is 3. The number of nitriles is 3. The second kappa shape index (κ2) is 10.2. The van der Waals surface area contributed by atoms with Crippen molar-refractivity contribution in [1.29, 1.82) is 15.8 Å². The molecule has 0 bridgehead atoms. The SMILES string of the molecule is N#Cc1ccccc1-c1cc(-c2cccc3sc4c(C#N)cccc4c23)cc(-c2cccc3sc4c(C#N)cccc4c23)c1. The first-order valence-corrected chi connectivity index (χ1v) is 15.7. The van der Waals surface area contributed by atoms with Crippen molar-refractivity contribution in [2.24, 2.45) is 0 Å². The summed E-state index contributed by atoms with van der Waals surface area (Å²) in [4.78, 5) is 0. The lowest BCUT2D eigenvalue weighted by Gasteiger charge is -2.14. The van der Waals surface area contributed by atoms with E-state index in [9.17, 15) is 15.8 Å². The molecule has 0 radical (unpaired) electrons. The van der Waals surface area contributed by atoms with Gasteiger partial charge in [-0.3, -0.25) is 0 Å². The molecule has 0 fully saturated rings. The van der Waals surface area contributed by atoms with Crippen LogP contribution < -0.4 is 0 Å². The molecular weight excluding hydrogens is 575 g/mol. The molecule has 0 aliphatic heterocycles. The molecule has 2 heterocycles. The summed E-state index contributed by atoms with van der Waals surface area (Å²) in [5.74, 6) is 0. The highest BCUT2D eigenvalue weighted by Gasteiger charge is 2.18. The van der Waals surface area contributed by atoms with E-state index in [-0.39, 0.29) is 0 Å². The van der Waals surface area contributed by atoms with Crippen molar-refractivity contribution in [2.75, 3.05) is 0 Å². The maximum atomic E-state index is 10.0. The van der Waals surface area contributed by atoms with Gasteiger partial charge in [0.1, 0.15) is 12.1 Å². The molecule has 0 aliphatic rings. The van der Waals surface area contributed by atoms with Crippen molar-refractivity contribution >= 4 is 63.0 Å². The summed E-state index contributed by atoms with van der Waals surface area (Å²) in [6.07, 6.45) is 0. The van der Waals surface area contributed by atoms with Crippen LogP contribution in [0.1, 0.15) is 16.7 Å². The van der Waals surface area contributed by atoms with Crippen LogP contribution in [0.3, 0.4) is 0 Å². The lowest BCUT2D eigenvalue weighted by atomic mass is 9.89. The molecule has 0 spiro atoms. The van der Waals surface area contributed by atoms with Gasteiger partial charge >= 0.3 is 0 Å². The standard InChI is InChI=1S/C39H19N3S2/c40-20-23-7-1-2-10-29(23)26-17-27(30-11-5-15-34-36(30)32-13-3-8-24(21-41)38(32)43-34)19-28(18-26)31-12-6-16-35-37(31)33-14-4-9-25(22-42)39(33)44-35/h1-19H. The van der Waals surface area contributed by atoms with E-state index in [0.29, 0.717) is 16.7 Å². The fourth-order valence-electron chi connectivity index (χ4n) is 6.28. The van der Waals surface area contributed by atoms with Crippen molar-refractivity contribution < 1.29 is 0 Å². The van der Waals surface area contributed by atoms with Gasteiger partial charge in [0.15, 0.2) is 0 Å². The molecule has 0 saturated heterocycles. The van der Waals surface area contributed by atoms with Crippen LogP contribution in [0.5, 0.6) is 0 Å². The van der Waals surface area contributed by atoms with Gasteiger partial charge in [-0.25, -0.2) is 0 Å². The third-order valence-electron chi connectivity index (χ3n) is 8.20. The first kappa shape index (κ1) is 25.9. The predicted molar refractivity (Wildman–Crippen MR) is 183 cm³/mol. The molecule has 6 aromatic carbocycles. The topological polar surface area (TPSA) is 71.4 Å². The Labute approximate surface area is 261 Å². The van der Waals surface area contributed by atoms with Gasteiger partial charge in [0.2, 0.25) is 0 Å². The molecule has 44 heavy (non-hydrogen) atoms. The molecule has 2 aromatic heterocycles. The second-order valence-electron chi connectivity index (χ2n) is 10.6. The van der Waals surface area contributed by atoms with Gasteiger partial charge < -0.3 is 0 Å². The minimum atomic E-state index is 0.617. The summed E-state index contributed by atoms with van der Waals surface area (Å²) >= 11 is 3.29. The van der Waals surface area contributed by atoms with Gasteiger partial charge in [0, 0.05) is 30.9 Å². The Kier molecular flexibility index (Phi) is 6.00. The van der Waals surface area contributed by atoms with Crippen molar-refractivity contribution in [1.82, 2.24) is 0 Å². The quantitative estimate of drug-likeness (QED) is 0.205. The van der Waals surface area contributed by atoms with E-state index in [1.807, 2.05) is 48.5 Å². The molecule has 5 heteroatoms. The summed E-state index contributed by atoms with van der Waals surface area (Å²) in [6.45, 7) is 0. The second-order valence-corrected chi connectivity index (χ2v) is 12.7. The van der Waals surface area contributed by atoms with Gasteiger partial charge in [-0.15, -0.1) is 22.7 Å². The maximum absolute atomic E-state index is 10.0. The Balaban J connectivity index is 1.47. The van der Waals surface area contributed by atoms with E-state index in [4.69, 9.17) is 0 Å². The first-order valence-electron chi connectivity index (χ1n) is 14.0. The molecule has 8 aromatic rings. The van der Waals surface area contributed by atoms with Gasteiger partial charge in [-0.2, -0.15) is 15.8 Å². The van der Waals surface area contributed by atoms with Crippen LogP contribution >= 0.6 is 22.7 Å². The number of fused-ring (bicyclic) bond motifs is 6. The average molecular weight is 594 g/mol. The number of benzene rings is 6. The summed E-state index contributed by atoms with van der Waals surface area (Å²) in [5, 5.41) is 34.0. The molecule has 8 rings (SSSR count). The summed E-state index contributed by atoms with van der Waals surface area (Å²) in [6, 6.07) is 45.9. The number of rotatable bonds is 3. The van der Waals surface area contributed by atoms with Gasteiger partial charge in [-0.1, -0.05) is 66.7 Å². The lowest BCUT2D eigenvalue weighted by Crippen LogP contribution is -1.89. The zero-order valence-corrected chi connectivity index (χ0v) is 24.8. The van der Waals surface area contributed by atoms with Crippen LogP contribution in [0.25, 0.3) is 73.7 Å². The minimum absolute atomic E-state index is 0.617. The molecule has 0 aliphatic carbocycles. The molecule has 3 nitrogen and oxygen atoms in total. The highest BCUT2D eigenvalue weighted by Crippen LogP contribution is 2.45. The molecule has 0 saturated carbocycles. The molecule has 202 valence electrons. The predicted octanol–water partition coefficient (Wildman–Crippen LogP) is 11.0. The van der Waals surface area contributed by atoms with Gasteiger partial charge in [0.05, 0.1) is 32.2 Å². The normalized spacial score (nSPS) is 11.1. The molecule has 0 amide bonds. The van der Waals surface area contributed by atoms with E-state index in [1.54, 1.807) is 22.7 Å². The molecule has 0 atom stereocenters. The molecular formula is C39H19N3S2. The highest BCUT2D eigenvalue weighted by atomic mass is 32.1. The van der Waals surface area contributed by atoms with Crippen LogP contribution in [0.4, 0.5) is 0 Å². The van der Waals surface area contributed by atoms with Crippen LogP contribution in [0.15, 0.2) is 115 Å². The lowest BCUT2D eigenvalue weighted by molar-refractivity contribution is 1.48. The minimum Gasteiger partial charge on any atom is -0.192 e. The largest absolute Gasteiger partial charge is 0.192 e. The van der Waals surface area contributed by atoms with Crippen molar-refractivity contribution in [3.63, 3.8) is 0 Å². The summed E-state index contributed by atoms with van der Waals surface area (Å²) in [5.41, 5.74) is 8.04. The van der Waals surface area contributed by atoms with E-state index in [0.717, 1.165) is 73.7 Å². The maximum Gasteiger partial charge on any atom is 0.101 e. The number of hydrogen-bond acceptors (Lipinski definition) is 5. The number of hydrogen-bond donors (Lipinski definition) is 0. The Morgan fingerprint density at radius 2 is 0.818 bits per heavy atom. The van der Waals surface area contributed by atoms with Crippen molar-refractivity contribution in [3.05, 3.63) is 132 Å². The van der Waals surface area contributed by atoms with Crippen molar-refractivity contribution in [3.8, 4) is 51.6 Å². The van der Waals surface area contributed by atoms with Crippen LogP contribution in [-0.4, -0.2) is 0 Å². The monoisotopic (exact) mass is 593 g/mol. The highest BCUT2D eigenvalue weighted by molar-refractivity contribution is 7.26. The zero-order valence-electron chi connectivity index (χ0n) is 23.1. The third-order valence-corrected chi connectivity index (χ3v) is 10.6. The van der Waals surface area contributed by atoms with E-state index in [1.165, 1.54) is 0 Å². The Morgan fingerprint density at radius 1 is 0.409 bits per heavy atom. The average Bonchev–Trinajstić information content (AvgIpc) is 3.66. The zero-order chi connectivity index (χ0) is 29.8. The molecule has 0 N–H and O–H groups in total. The van der Waals surface area contributed by atoms with E-state index in [2.05, 4.69) is 84.9 Å². The Hall–Kier alpha value is -5.77. The van der Waals surface area contributed by atoms with Gasteiger partial charge in [-0.05, 0) is 81.9 Å². The van der Waals surface area contributed by atoms with Crippen LogP contribution in [-0.2, 0) is 0 Å². The Bertz CT molecular complexity index is 2450. The Morgan fingerprint density at radius 3 is 1.32 bits per heavy atom. The van der Waals surface area contributed by atoms with E-state index >= 15 is 0 Å². The fourth-order valence-corrected chi connectivity index (χ4v) is 8.66. The van der Waals surface area contributed by atoms with Crippen LogP contribution in [0, 0.1) is 34.0 Å². The van der Waals surface area contributed by atoms with Gasteiger partial charge in [0.25, 0.3) is 0 Å². The molecule has 0 unspecified atom stereocenters. The fraction of sp³-hybridized carbons (Fsp3) is 0. The van der Waals surface area contributed by atoms with Crippen molar-refractivity contribution in [2.45, 2.75) is 0 Å². The first-order chi connectivity index (χ1) is 21.7. The third kappa shape index (κ3) is 3.91. The number of thiophene rings is 2. The summed E-state index contributed by atoms with van der Waals surface area (Å²) < 4.78 is 4.23. The smallest absolute Gasteiger partial charge is 0.101 e.